The average Bonchev–Trinajstić information content (AvgIpc) is 3.01. The van der Waals surface area contributed by atoms with E-state index in [-0.39, 0.29) is 17.5 Å². The highest BCUT2D eigenvalue weighted by atomic mass is 16.2. The van der Waals surface area contributed by atoms with Crippen molar-refractivity contribution in [1.29, 1.82) is 0 Å². The number of anilines is 1. The number of piperidine rings is 1. The molecule has 2 aromatic heterocycles. The molecule has 1 aliphatic heterocycles. The summed E-state index contributed by atoms with van der Waals surface area (Å²) in [6.45, 7) is 3.27. The van der Waals surface area contributed by atoms with Crippen LogP contribution in [0.25, 0.3) is 0 Å². The van der Waals surface area contributed by atoms with Crippen LogP contribution in [-0.4, -0.2) is 45.2 Å². The largest absolute Gasteiger partial charge is 0.348 e. The first-order valence-corrected chi connectivity index (χ1v) is 7.25. The van der Waals surface area contributed by atoms with Crippen molar-refractivity contribution in [1.82, 2.24) is 25.5 Å². The lowest BCUT2D eigenvalue weighted by Gasteiger charge is -2.32. The molecule has 116 valence electrons. The Bertz CT molecular complexity index is 700. The SMILES string of the molecule is Cc1cc(=O)[nH]c(N2CCC(NC(=O)c3ccn[nH]3)CC2)n1. The summed E-state index contributed by atoms with van der Waals surface area (Å²) < 4.78 is 0. The molecule has 2 aromatic rings. The van der Waals surface area contributed by atoms with Gasteiger partial charge in [0.2, 0.25) is 5.95 Å². The molecule has 0 radical (unpaired) electrons. The number of nitrogens with one attached hydrogen (secondary N) is 3. The van der Waals surface area contributed by atoms with Gasteiger partial charge in [0.25, 0.3) is 11.5 Å². The maximum Gasteiger partial charge on any atom is 0.269 e. The minimum Gasteiger partial charge on any atom is -0.348 e. The summed E-state index contributed by atoms with van der Waals surface area (Å²) in [6, 6.07) is 3.23. The molecule has 0 unspecified atom stereocenters. The van der Waals surface area contributed by atoms with Crippen LogP contribution in [0.5, 0.6) is 0 Å². The normalized spacial score (nSPS) is 15.8. The molecule has 3 heterocycles. The highest BCUT2D eigenvalue weighted by molar-refractivity contribution is 5.92. The zero-order valence-electron chi connectivity index (χ0n) is 12.3. The Morgan fingerprint density at radius 1 is 1.41 bits per heavy atom. The molecule has 0 aliphatic carbocycles. The van der Waals surface area contributed by atoms with Crippen molar-refractivity contribution in [3.63, 3.8) is 0 Å². The predicted molar refractivity (Wildman–Crippen MR) is 80.9 cm³/mol. The number of H-pyrrole nitrogens is 2. The Kier molecular flexibility index (Phi) is 3.90. The van der Waals surface area contributed by atoms with Crippen LogP contribution in [0.1, 0.15) is 29.0 Å². The summed E-state index contributed by atoms with van der Waals surface area (Å²) in [5.74, 6) is 0.460. The van der Waals surface area contributed by atoms with Crippen LogP contribution in [-0.2, 0) is 0 Å². The fourth-order valence-corrected chi connectivity index (χ4v) is 2.59. The number of hydrogen-bond acceptors (Lipinski definition) is 5. The number of carbonyl (C=O) groups is 1. The second-order valence-corrected chi connectivity index (χ2v) is 5.42. The van der Waals surface area contributed by atoms with Gasteiger partial charge in [-0.25, -0.2) is 4.98 Å². The van der Waals surface area contributed by atoms with Gasteiger partial charge in [-0.05, 0) is 25.8 Å². The number of hydrogen-bond donors (Lipinski definition) is 3. The minimum absolute atomic E-state index is 0.114. The molecule has 8 nitrogen and oxygen atoms in total. The molecule has 3 N–H and O–H groups in total. The number of carbonyl (C=O) groups excluding carboxylic acids is 1. The van der Waals surface area contributed by atoms with E-state index in [1.54, 1.807) is 19.2 Å². The smallest absolute Gasteiger partial charge is 0.269 e. The summed E-state index contributed by atoms with van der Waals surface area (Å²) in [5.41, 5.74) is 1.03. The van der Waals surface area contributed by atoms with Gasteiger partial charge in [0, 0.05) is 37.1 Å². The average molecular weight is 302 g/mol. The van der Waals surface area contributed by atoms with Crippen LogP contribution in [0.4, 0.5) is 5.95 Å². The Morgan fingerprint density at radius 3 is 2.82 bits per heavy atom. The topological polar surface area (TPSA) is 107 Å². The first-order chi connectivity index (χ1) is 10.6. The number of amides is 1. The highest BCUT2D eigenvalue weighted by Gasteiger charge is 2.22. The van der Waals surface area contributed by atoms with Gasteiger partial charge < -0.3 is 10.2 Å². The Hall–Kier alpha value is -2.64. The third-order valence-corrected chi connectivity index (χ3v) is 3.73. The van der Waals surface area contributed by atoms with E-state index in [2.05, 4.69) is 25.5 Å². The molecule has 22 heavy (non-hydrogen) atoms. The van der Waals surface area contributed by atoms with Crippen molar-refractivity contribution in [3.05, 3.63) is 40.1 Å². The van der Waals surface area contributed by atoms with E-state index in [1.165, 1.54) is 6.07 Å². The van der Waals surface area contributed by atoms with E-state index in [4.69, 9.17) is 0 Å². The summed E-state index contributed by atoms with van der Waals surface area (Å²) in [7, 11) is 0. The quantitative estimate of drug-likeness (QED) is 0.751. The van der Waals surface area contributed by atoms with Crippen LogP contribution in [0.2, 0.25) is 0 Å². The molecule has 0 atom stereocenters. The van der Waals surface area contributed by atoms with Crippen molar-refractivity contribution >= 4 is 11.9 Å². The fourth-order valence-electron chi connectivity index (χ4n) is 2.59. The van der Waals surface area contributed by atoms with Gasteiger partial charge in [-0.2, -0.15) is 5.10 Å². The van der Waals surface area contributed by atoms with Gasteiger partial charge in [-0.3, -0.25) is 19.7 Å². The molecule has 0 bridgehead atoms. The van der Waals surface area contributed by atoms with Crippen molar-refractivity contribution < 1.29 is 4.79 Å². The number of aromatic nitrogens is 4. The van der Waals surface area contributed by atoms with Gasteiger partial charge >= 0.3 is 0 Å². The van der Waals surface area contributed by atoms with Gasteiger partial charge in [0.15, 0.2) is 0 Å². The van der Waals surface area contributed by atoms with E-state index in [0.717, 1.165) is 25.9 Å². The molecule has 1 saturated heterocycles. The predicted octanol–water partition coefficient (Wildman–Crippen LogP) is 0.200. The monoisotopic (exact) mass is 302 g/mol. The minimum atomic E-state index is -0.142. The third-order valence-electron chi connectivity index (χ3n) is 3.73. The van der Waals surface area contributed by atoms with Gasteiger partial charge in [-0.15, -0.1) is 0 Å². The Morgan fingerprint density at radius 2 is 2.18 bits per heavy atom. The van der Waals surface area contributed by atoms with Gasteiger partial charge in [-0.1, -0.05) is 0 Å². The molecule has 1 amide bonds. The van der Waals surface area contributed by atoms with E-state index in [0.29, 0.717) is 17.3 Å². The molecule has 3 rings (SSSR count). The number of aryl methyl sites for hydroxylation is 1. The van der Waals surface area contributed by atoms with E-state index in [9.17, 15) is 9.59 Å². The van der Waals surface area contributed by atoms with E-state index >= 15 is 0 Å². The molecule has 8 heteroatoms. The van der Waals surface area contributed by atoms with Gasteiger partial charge in [0.1, 0.15) is 5.69 Å². The summed E-state index contributed by atoms with van der Waals surface area (Å²) in [5, 5.41) is 9.41. The number of rotatable bonds is 3. The van der Waals surface area contributed by atoms with Crippen molar-refractivity contribution in [2.75, 3.05) is 18.0 Å². The molecular formula is C14H18N6O2. The molecule has 0 aromatic carbocycles. The number of aromatic amines is 2. The molecule has 1 fully saturated rings. The molecule has 1 aliphatic rings. The maximum absolute atomic E-state index is 12.0. The summed E-state index contributed by atoms with van der Waals surface area (Å²) >= 11 is 0. The maximum atomic E-state index is 12.0. The van der Waals surface area contributed by atoms with E-state index < -0.39 is 0 Å². The molecular weight excluding hydrogens is 284 g/mol. The van der Waals surface area contributed by atoms with Crippen LogP contribution in [0.15, 0.2) is 23.1 Å². The van der Waals surface area contributed by atoms with Crippen molar-refractivity contribution in [2.45, 2.75) is 25.8 Å². The van der Waals surface area contributed by atoms with Crippen molar-refractivity contribution in [2.24, 2.45) is 0 Å². The Labute approximate surface area is 127 Å². The third kappa shape index (κ3) is 3.16. The van der Waals surface area contributed by atoms with Crippen molar-refractivity contribution in [3.8, 4) is 0 Å². The molecule has 0 saturated carbocycles. The van der Waals surface area contributed by atoms with Crippen LogP contribution < -0.4 is 15.8 Å². The first-order valence-electron chi connectivity index (χ1n) is 7.25. The van der Waals surface area contributed by atoms with Crippen LogP contribution in [0.3, 0.4) is 0 Å². The zero-order valence-corrected chi connectivity index (χ0v) is 12.3. The standard InChI is InChI=1S/C14H18N6O2/c1-9-8-12(21)18-14(16-9)20-6-3-10(4-7-20)17-13(22)11-2-5-15-19-11/h2,5,8,10H,3-4,6-7H2,1H3,(H,15,19)(H,17,22)(H,16,18,21). The first kappa shape index (κ1) is 14.3. The molecule has 0 spiro atoms. The van der Waals surface area contributed by atoms with E-state index in [1.807, 2.05) is 4.90 Å². The lowest BCUT2D eigenvalue weighted by molar-refractivity contribution is 0.0926. The zero-order chi connectivity index (χ0) is 15.5. The number of nitrogens with zero attached hydrogens (tertiary/aromatic N) is 3. The van der Waals surface area contributed by atoms with Crippen LogP contribution >= 0.6 is 0 Å². The fraction of sp³-hybridized carbons (Fsp3) is 0.429. The van der Waals surface area contributed by atoms with Gasteiger partial charge in [0.05, 0.1) is 0 Å². The highest BCUT2D eigenvalue weighted by Crippen LogP contribution is 2.15. The summed E-state index contributed by atoms with van der Waals surface area (Å²) in [6.07, 6.45) is 3.16. The van der Waals surface area contributed by atoms with Crippen LogP contribution in [0, 0.1) is 6.92 Å². The second kappa shape index (κ2) is 6.00. The summed E-state index contributed by atoms with van der Waals surface area (Å²) in [4.78, 5) is 32.6. The lowest BCUT2D eigenvalue weighted by atomic mass is 10.1. The Balaban J connectivity index is 1.58. The second-order valence-electron chi connectivity index (χ2n) is 5.42. The lowest BCUT2D eigenvalue weighted by Crippen LogP contribution is -2.45.